The summed E-state index contributed by atoms with van der Waals surface area (Å²) in [7, 11) is 0. The third kappa shape index (κ3) is 1.69. The Balaban J connectivity index is 2.53. The van der Waals surface area contributed by atoms with Crippen LogP contribution in [0.5, 0.6) is 0 Å². The molecule has 0 atom stereocenters. The van der Waals surface area contributed by atoms with Crippen LogP contribution < -0.4 is 0 Å². The van der Waals surface area contributed by atoms with Gasteiger partial charge in [-0.15, -0.1) is 0 Å². The van der Waals surface area contributed by atoms with Crippen LogP contribution in [0.4, 0.5) is 0 Å². The molecule has 0 aliphatic rings. The molecular formula is C9H6Cl2N2. The fourth-order valence-electron chi connectivity index (χ4n) is 1.10. The SMILES string of the molecule is Clc1cccc(-n2ccnc2Cl)c1. The topological polar surface area (TPSA) is 17.8 Å². The summed E-state index contributed by atoms with van der Waals surface area (Å²) in [4.78, 5) is 3.91. The smallest absolute Gasteiger partial charge is 0.207 e. The van der Waals surface area contributed by atoms with E-state index in [1.54, 1.807) is 17.0 Å². The minimum atomic E-state index is 0.433. The van der Waals surface area contributed by atoms with Gasteiger partial charge in [0.25, 0.3) is 0 Å². The maximum atomic E-state index is 5.84. The second-order valence-corrected chi connectivity index (χ2v) is 3.32. The molecule has 1 aromatic heterocycles. The zero-order chi connectivity index (χ0) is 9.26. The molecule has 13 heavy (non-hydrogen) atoms. The number of aromatic nitrogens is 2. The molecule has 2 rings (SSSR count). The first kappa shape index (κ1) is 8.60. The van der Waals surface area contributed by atoms with Gasteiger partial charge in [-0.3, -0.25) is 4.57 Å². The number of halogens is 2. The van der Waals surface area contributed by atoms with E-state index in [1.807, 2.05) is 24.3 Å². The highest BCUT2D eigenvalue weighted by Gasteiger charge is 2.01. The van der Waals surface area contributed by atoms with E-state index in [0.29, 0.717) is 10.3 Å². The van der Waals surface area contributed by atoms with Crippen LogP contribution in [0.3, 0.4) is 0 Å². The first-order valence-corrected chi connectivity index (χ1v) is 4.48. The summed E-state index contributed by atoms with van der Waals surface area (Å²) in [5.41, 5.74) is 0.912. The molecule has 1 aromatic carbocycles. The van der Waals surface area contributed by atoms with Crippen LogP contribution in [0.25, 0.3) is 5.69 Å². The number of imidazole rings is 1. The number of hydrogen-bond donors (Lipinski definition) is 0. The van der Waals surface area contributed by atoms with Gasteiger partial charge in [0.15, 0.2) is 0 Å². The van der Waals surface area contributed by atoms with Gasteiger partial charge in [0.2, 0.25) is 5.28 Å². The Morgan fingerprint density at radius 3 is 2.69 bits per heavy atom. The normalized spacial score (nSPS) is 10.3. The maximum Gasteiger partial charge on any atom is 0.207 e. The molecule has 0 bridgehead atoms. The van der Waals surface area contributed by atoms with Crippen LogP contribution in [0.2, 0.25) is 10.3 Å². The van der Waals surface area contributed by atoms with Crippen LogP contribution in [0.15, 0.2) is 36.7 Å². The third-order valence-electron chi connectivity index (χ3n) is 1.68. The molecule has 0 aliphatic carbocycles. The fourth-order valence-corrected chi connectivity index (χ4v) is 1.50. The highest BCUT2D eigenvalue weighted by atomic mass is 35.5. The standard InChI is InChI=1S/C9H6Cl2N2/c10-7-2-1-3-8(6-7)13-5-4-12-9(13)11/h1-6H. The van der Waals surface area contributed by atoms with Crippen molar-refractivity contribution in [3.63, 3.8) is 0 Å². The van der Waals surface area contributed by atoms with Crippen molar-refractivity contribution < 1.29 is 0 Å². The van der Waals surface area contributed by atoms with Crippen LogP contribution in [0, 0.1) is 0 Å². The molecule has 0 saturated carbocycles. The average Bonchev–Trinajstić information content (AvgIpc) is 2.51. The van der Waals surface area contributed by atoms with Crippen molar-refractivity contribution >= 4 is 23.2 Å². The minimum Gasteiger partial charge on any atom is -0.291 e. The summed E-state index contributed by atoms with van der Waals surface area (Å²) in [5, 5.41) is 1.12. The first-order chi connectivity index (χ1) is 6.27. The van der Waals surface area contributed by atoms with E-state index < -0.39 is 0 Å². The van der Waals surface area contributed by atoms with Crippen LogP contribution in [-0.4, -0.2) is 9.55 Å². The molecule has 66 valence electrons. The lowest BCUT2D eigenvalue weighted by atomic mass is 10.3. The molecule has 0 unspecified atom stereocenters. The van der Waals surface area contributed by atoms with Crippen LogP contribution in [0.1, 0.15) is 0 Å². The third-order valence-corrected chi connectivity index (χ3v) is 2.20. The van der Waals surface area contributed by atoms with Gasteiger partial charge in [-0.05, 0) is 29.8 Å². The van der Waals surface area contributed by atoms with E-state index in [2.05, 4.69) is 4.98 Å². The molecule has 0 saturated heterocycles. The zero-order valence-electron chi connectivity index (χ0n) is 6.61. The predicted octanol–water partition coefficient (Wildman–Crippen LogP) is 3.18. The number of rotatable bonds is 1. The van der Waals surface area contributed by atoms with Crippen LogP contribution >= 0.6 is 23.2 Å². The molecule has 0 radical (unpaired) electrons. The van der Waals surface area contributed by atoms with E-state index in [0.717, 1.165) is 5.69 Å². The van der Waals surface area contributed by atoms with Gasteiger partial charge in [-0.1, -0.05) is 17.7 Å². The van der Waals surface area contributed by atoms with Crippen molar-refractivity contribution in [2.24, 2.45) is 0 Å². The molecule has 0 fully saturated rings. The Morgan fingerprint density at radius 1 is 1.23 bits per heavy atom. The number of benzene rings is 1. The van der Waals surface area contributed by atoms with Crippen molar-refractivity contribution in [3.8, 4) is 5.69 Å². The van der Waals surface area contributed by atoms with Crippen molar-refractivity contribution in [1.29, 1.82) is 0 Å². The quantitative estimate of drug-likeness (QED) is 0.711. The molecule has 2 aromatic rings. The monoisotopic (exact) mass is 212 g/mol. The van der Waals surface area contributed by atoms with Gasteiger partial charge >= 0.3 is 0 Å². The van der Waals surface area contributed by atoms with Crippen molar-refractivity contribution in [3.05, 3.63) is 47.0 Å². The van der Waals surface area contributed by atoms with Gasteiger partial charge in [0.1, 0.15) is 0 Å². The van der Waals surface area contributed by atoms with Gasteiger partial charge in [0, 0.05) is 23.1 Å². The summed E-state index contributed by atoms with van der Waals surface area (Å²) in [5.74, 6) is 0. The van der Waals surface area contributed by atoms with Gasteiger partial charge in [-0.25, -0.2) is 4.98 Å². The zero-order valence-corrected chi connectivity index (χ0v) is 8.13. The van der Waals surface area contributed by atoms with Crippen molar-refractivity contribution in [2.45, 2.75) is 0 Å². The fraction of sp³-hybridized carbons (Fsp3) is 0. The van der Waals surface area contributed by atoms with E-state index in [1.165, 1.54) is 0 Å². The Morgan fingerprint density at radius 2 is 2.08 bits per heavy atom. The lowest BCUT2D eigenvalue weighted by molar-refractivity contribution is 1.06. The second-order valence-electron chi connectivity index (χ2n) is 2.55. The Kier molecular flexibility index (Phi) is 2.25. The van der Waals surface area contributed by atoms with Gasteiger partial charge in [-0.2, -0.15) is 0 Å². The van der Waals surface area contributed by atoms with Gasteiger partial charge < -0.3 is 0 Å². The summed E-state index contributed by atoms with van der Waals surface area (Å²) in [6, 6.07) is 7.43. The summed E-state index contributed by atoms with van der Waals surface area (Å²) >= 11 is 11.7. The van der Waals surface area contributed by atoms with Crippen LogP contribution in [-0.2, 0) is 0 Å². The Hall–Kier alpha value is -0.990. The van der Waals surface area contributed by atoms with Crippen molar-refractivity contribution in [2.75, 3.05) is 0 Å². The number of hydrogen-bond acceptors (Lipinski definition) is 1. The predicted molar refractivity (Wildman–Crippen MR) is 53.6 cm³/mol. The molecule has 0 N–H and O–H groups in total. The molecule has 0 aliphatic heterocycles. The Bertz CT molecular complexity index is 423. The highest BCUT2D eigenvalue weighted by Crippen LogP contribution is 2.17. The molecule has 4 heteroatoms. The summed E-state index contributed by atoms with van der Waals surface area (Å²) in [6.45, 7) is 0. The molecule has 0 amide bonds. The van der Waals surface area contributed by atoms with E-state index in [9.17, 15) is 0 Å². The number of nitrogens with zero attached hydrogens (tertiary/aromatic N) is 2. The molecule has 2 nitrogen and oxygen atoms in total. The summed E-state index contributed by atoms with van der Waals surface area (Å²) < 4.78 is 1.76. The summed E-state index contributed by atoms with van der Waals surface area (Å²) in [6.07, 6.45) is 3.43. The van der Waals surface area contributed by atoms with E-state index in [-0.39, 0.29) is 0 Å². The lowest BCUT2D eigenvalue weighted by Crippen LogP contribution is -1.91. The Labute approximate surface area is 85.7 Å². The minimum absolute atomic E-state index is 0.433. The lowest BCUT2D eigenvalue weighted by Gasteiger charge is -2.02. The second kappa shape index (κ2) is 3.40. The van der Waals surface area contributed by atoms with E-state index in [4.69, 9.17) is 23.2 Å². The molecular weight excluding hydrogens is 207 g/mol. The molecule has 1 heterocycles. The maximum absolute atomic E-state index is 5.84. The molecule has 0 spiro atoms. The highest BCUT2D eigenvalue weighted by molar-refractivity contribution is 6.31. The van der Waals surface area contributed by atoms with Gasteiger partial charge in [0.05, 0.1) is 0 Å². The largest absolute Gasteiger partial charge is 0.291 e. The average molecular weight is 213 g/mol. The van der Waals surface area contributed by atoms with E-state index >= 15 is 0 Å². The van der Waals surface area contributed by atoms with Crippen molar-refractivity contribution in [1.82, 2.24) is 9.55 Å². The first-order valence-electron chi connectivity index (χ1n) is 3.72.